The van der Waals surface area contributed by atoms with E-state index in [0.717, 1.165) is 25.7 Å². The summed E-state index contributed by atoms with van der Waals surface area (Å²) in [6.45, 7) is 4.15. The third-order valence-electron chi connectivity index (χ3n) is 1.23. The maximum atomic E-state index is 9.04. The normalized spacial score (nSPS) is 12.0. The Morgan fingerprint density at radius 3 is 2.56 bits per heavy atom. The number of allylic oxidation sites excluding steroid dienone is 2. The molecule has 9 heavy (non-hydrogen) atoms. The van der Waals surface area contributed by atoms with Gasteiger partial charge in [0.25, 0.3) is 0 Å². The van der Waals surface area contributed by atoms with E-state index in [0.29, 0.717) is 5.76 Å². The lowest BCUT2D eigenvalue weighted by atomic mass is 10.2. The van der Waals surface area contributed by atoms with Gasteiger partial charge in [-0.3, -0.25) is 0 Å². The monoisotopic (exact) mass is 128 g/mol. The number of aliphatic hydroxyl groups is 1. The van der Waals surface area contributed by atoms with Crippen LogP contribution >= 0.6 is 0 Å². The summed E-state index contributed by atoms with van der Waals surface area (Å²) >= 11 is 0. The zero-order valence-corrected chi connectivity index (χ0v) is 6.35. The highest BCUT2D eigenvalue weighted by Gasteiger charge is 1.88. The van der Waals surface area contributed by atoms with Crippen molar-refractivity contribution in [3.8, 4) is 0 Å². The first-order valence-corrected chi connectivity index (χ1v) is 3.69. The molecule has 0 heterocycles. The molecule has 0 aliphatic heterocycles. The molecule has 0 aromatic heterocycles. The number of hydrogen-bond acceptors (Lipinski definition) is 1. The lowest BCUT2D eigenvalue weighted by Crippen LogP contribution is -1.79. The molecule has 0 aromatic rings. The summed E-state index contributed by atoms with van der Waals surface area (Å²) in [6, 6.07) is 0. The first kappa shape index (κ1) is 8.54. The highest BCUT2D eigenvalue weighted by atomic mass is 16.3. The van der Waals surface area contributed by atoms with Crippen LogP contribution in [0.3, 0.4) is 0 Å². The van der Waals surface area contributed by atoms with Crippen LogP contribution in [0.2, 0.25) is 0 Å². The third-order valence-corrected chi connectivity index (χ3v) is 1.23. The highest BCUT2D eigenvalue weighted by molar-refractivity contribution is 4.89. The fourth-order valence-corrected chi connectivity index (χ4v) is 0.696. The number of rotatable bonds is 4. The van der Waals surface area contributed by atoms with E-state index in [2.05, 4.69) is 6.92 Å². The Labute approximate surface area is 57.4 Å². The Bertz CT molecular complexity index is 84.6. The van der Waals surface area contributed by atoms with Crippen molar-refractivity contribution < 1.29 is 5.11 Å². The second-order valence-corrected chi connectivity index (χ2v) is 2.21. The van der Waals surface area contributed by atoms with Crippen LogP contribution in [0, 0.1) is 0 Å². The molecule has 0 rings (SSSR count). The number of unbranched alkanes of at least 4 members (excludes halogenated alkanes) is 1. The van der Waals surface area contributed by atoms with E-state index in [-0.39, 0.29) is 0 Å². The zero-order chi connectivity index (χ0) is 7.11. The molecule has 0 amide bonds. The van der Waals surface area contributed by atoms with Crippen molar-refractivity contribution in [2.45, 2.75) is 39.5 Å². The van der Waals surface area contributed by atoms with E-state index in [1.807, 2.05) is 13.0 Å². The molecule has 0 unspecified atom stereocenters. The SMILES string of the molecule is CC/C=C(\O)CCCC. The summed E-state index contributed by atoms with van der Waals surface area (Å²) in [5.74, 6) is 0.555. The van der Waals surface area contributed by atoms with Gasteiger partial charge < -0.3 is 5.11 Å². The standard InChI is InChI=1S/C8H16O/c1-3-5-7-8(9)6-4-2/h6,9H,3-5,7H2,1-2H3/b8-6-. The largest absolute Gasteiger partial charge is 0.513 e. The first-order valence-electron chi connectivity index (χ1n) is 3.69. The van der Waals surface area contributed by atoms with E-state index in [1.165, 1.54) is 0 Å². The average Bonchev–Trinajstić information content (AvgIpc) is 1.85. The van der Waals surface area contributed by atoms with Crippen molar-refractivity contribution in [1.82, 2.24) is 0 Å². The minimum absolute atomic E-state index is 0.555. The molecule has 0 fully saturated rings. The maximum absolute atomic E-state index is 9.04. The molecular formula is C8H16O. The molecule has 0 atom stereocenters. The molecule has 1 heteroatoms. The van der Waals surface area contributed by atoms with Gasteiger partial charge in [0.05, 0.1) is 5.76 Å². The Morgan fingerprint density at radius 1 is 1.44 bits per heavy atom. The van der Waals surface area contributed by atoms with Crippen LogP contribution in [0.1, 0.15) is 39.5 Å². The van der Waals surface area contributed by atoms with Crippen molar-refractivity contribution in [2.75, 3.05) is 0 Å². The van der Waals surface area contributed by atoms with E-state index in [1.54, 1.807) is 0 Å². The Kier molecular flexibility index (Phi) is 5.38. The van der Waals surface area contributed by atoms with Gasteiger partial charge in [-0.1, -0.05) is 20.3 Å². The third kappa shape index (κ3) is 5.41. The quantitative estimate of drug-likeness (QED) is 0.577. The molecule has 0 aromatic carbocycles. The van der Waals surface area contributed by atoms with Gasteiger partial charge in [-0.25, -0.2) is 0 Å². The lowest BCUT2D eigenvalue weighted by molar-refractivity contribution is 0.380. The summed E-state index contributed by atoms with van der Waals surface area (Å²) in [6.07, 6.45) is 5.92. The fraction of sp³-hybridized carbons (Fsp3) is 0.750. The average molecular weight is 128 g/mol. The smallest absolute Gasteiger partial charge is 0.0882 e. The van der Waals surface area contributed by atoms with Gasteiger partial charge in [0.2, 0.25) is 0 Å². The minimum atomic E-state index is 0.555. The molecule has 1 nitrogen and oxygen atoms in total. The van der Waals surface area contributed by atoms with Crippen LogP contribution in [-0.4, -0.2) is 5.11 Å². The fourth-order valence-electron chi connectivity index (χ4n) is 0.696. The van der Waals surface area contributed by atoms with Gasteiger partial charge >= 0.3 is 0 Å². The van der Waals surface area contributed by atoms with Gasteiger partial charge in [-0.2, -0.15) is 0 Å². The molecule has 0 saturated heterocycles. The molecule has 0 spiro atoms. The summed E-state index contributed by atoms with van der Waals surface area (Å²) in [7, 11) is 0. The van der Waals surface area contributed by atoms with Crippen LogP contribution in [0.5, 0.6) is 0 Å². The summed E-state index contributed by atoms with van der Waals surface area (Å²) < 4.78 is 0. The Morgan fingerprint density at radius 2 is 2.11 bits per heavy atom. The molecule has 0 radical (unpaired) electrons. The van der Waals surface area contributed by atoms with Crippen LogP contribution in [0.4, 0.5) is 0 Å². The molecule has 0 bridgehead atoms. The molecule has 0 saturated carbocycles. The summed E-state index contributed by atoms with van der Waals surface area (Å²) in [4.78, 5) is 0. The van der Waals surface area contributed by atoms with Crippen molar-refractivity contribution in [2.24, 2.45) is 0 Å². The van der Waals surface area contributed by atoms with Crippen LogP contribution < -0.4 is 0 Å². The van der Waals surface area contributed by atoms with Crippen molar-refractivity contribution in [3.63, 3.8) is 0 Å². The van der Waals surface area contributed by atoms with Gasteiger partial charge in [0.1, 0.15) is 0 Å². The van der Waals surface area contributed by atoms with Gasteiger partial charge in [0.15, 0.2) is 0 Å². The minimum Gasteiger partial charge on any atom is -0.513 e. The lowest BCUT2D eigenvalue weighted by Gasteiger charge is -1.95. The van der Waals surface area contributed by atoms with Gasteiger partial charge in [-0.15, -0.1) is 0 Å². The van der Waals surface area contributed by atoms with Crippen molar-refractivity contribution in [1.29, 1.82) is 0 Å². The number of aliphatic hydroxyl groups excluding tert-OH is 1. The first-order chi connectivity index (χ1) is 4.31. The predicted molar refractivity (Wildman–Crippen MR) is 40.5 cm³/mol. The van der Waals surface area contributed by atoms with Crippen molar-refractivity contribution >= 4 is 0 Å². The Hall–Kier alpha value is -0.460. The van der Waals surface area contributed by atoms with Crippen LogP contribution in [-0.2, 0) is 0 Å². The van der Waals surface area contributed by atoms with E-state index >= 15 is 0 Å². The highest BCUT2D eigenvalue weighted by Crippen LogP contribution is 2.03. The second kappa shape index (κ2) is 5.67. The predicted octanol–water partition coefficient (Wildman–Crippen LogP) is 3.03. The number of hydrogen-bond donors (Lipinski definition) is 1. The van der Waals surface area contributed by atoms with Crippen molar-refractivity contribution in [3.05, 3.63) is 11.8 Å². The van der Waals surface area contributed by atoms with E-state index in [9.17, 15) is 0 Å². The maximum Gasteiger partial charge on any atom is 0.0882 e. The molecule has 54 valence electrons. The van der Waals surface area contributed by atoms with Crippen LogP contribution in [0.15, 0.2) is 11.8 Å². The van der Waals surface area contributed by atoms with E-state index < -0.39 is 0 Å². The zero-order valence-electron chi connectivity index (χ0n) is 6.35. The van der Waals surface area contributed by atoms with Crippen LogP contribution in [0.25, 0.3) is 0 Å². The van der Waals surface area contributed by atoms with Gasteiger partial charge in [-0.05, 0) is 18.9 Å². The molecule has 1 N–H and O–H groups in total. The topological polar surface area (TPSA) is 20.2 Å². The van der Waals surface area contributed by atoms with Gasteiger partial charge in [0, 0.05) is 6.42 Å². The molecule has 0 aliphatic carbocycles. The molecule has 0 aliphatic rings. The Balaban J connectivity index is 3.25. The summed E-state index contributed by atoms with van der Waals surface area (Å²) in [5, 5.41) is 9.04. The van der Waals surface area contributed by atoms with E-state index in [4.69, 9.17) is 5.11 Å². The second-order valence-electron chi connectivity index (χ2n) is 2.21. The molecular weight excluding hydrogens is 112 g/mol. The summed E-state index contributed by atoms with van der Waals surface area (Å²) in [5.41, 5.74) is 0.